The van der Waals surface area contributed by atoms with Gasteiger partial charge < -0.3 is 10.3 Å². The van der Waals surface area contributed by atoms with Crippen LogP contribution in [0.2, 0.25) is 5.02 Å². The van der Waals surface area contributed by atoms with E-state index in [1.165, 1.54) is 0 Å². The summed E-state index contributed by atoms with van der Waals surface area (Å²) in [4.78, 5) is 20.4. The lowest BCUT2D eigenvalue weighted by atomic mass is 10.1. The smallest absolute Gasteiger partial charge is 0.255 e. The number of hydrogen-bond acceptors (Lipinski definition) is 3. The summed E-state index contributed by atoms with van der Waals surface area (Å²) in [6.45, 7) is 1.33. The van der Waals surface area contributed by atoms with Crippen LogP contribution in [0.3, 0.4) is 0 Å². The fourth-order valence-electron chi connectivity index (χ4n) is 3.57. The SMILES string of the molecule is O=C(Nc1ccc(Cl)c(-c2nccc3cc[nH]c23)c1)c1ccc(N2CCNS2=O)cc1. The first-order valence-electron chi connectivity index (χ1n) is 9.66. The van der Waals surface area contributed by atoms with Crippen LogP contribution in [0.15, 0.2) is 67.0 Å². The maximum absolute atomic E-state index is 12.8. The van der Waals surface area contributed by atoms with Crippen LogP contribution in [0, 0.1) is 0 Å². The highest BCUT2D eigenvalue weighted by Crippen LogP contribution is 2.33. The highest BCUT2D eigenvalue weighted by molar-refractivity contribution is 7.84. The van der Waals surface area contributed by atoms with Crippen LogP contribution in [0.4, 0.5) is 11.4 Å². The van der Waals surface area contributed by atoms with E-state index in [0.29, 0.717) is 29.4 Å². The Labute approximate surface area is 186 Å². The maximum Gasteiger partial charge on any atom is 0.255 e. The van der Waals surface area contributed by atoms with Gasteiger partial charge in [0.25, 0.3) is 5.91 Å². The van der Waals surface area contributed by atoms with Crippen molar-refractivity contribution in [1.29, 1.82) is 0 Å². The normalized spacial score (nSPS) is 16.0. The molecule has 1 saturated heterocycles. The van der Waals surface area contributed by atoms with E-state index in [-0.39, 0.29) is 5.91 Å². The van der Waals surface area contributed by atoms with E-state index in [1.54, 1.807) is 46.9 Å². The Balaban J connectivity index is 1.39. The number of rotatable bonds is 4. The lowest BCUT2D eigenvalue weighted by Crippen LogP contribution is -2.22. The summed E-state index contributed by atoms with van der Waals surface area (Å²) < 4.78 is 16.5. The van der Waals surface area contributed by atoms with E-state index in [0.717, 1.165) is 27.8 Å². The molecule has 0 radical (unpaired) electrons. The van der Waals surface area contributed by atoms with Gasteiger partial charge in [0.05, 0.1) is 21.9 Å². The highest BCUT2D eigenvalue weighted by atomic mass is 35.5. The molecule has 7 nitrogen and oxygen atoms in total. The molecule has 2 aromatic heterocycles. The number of hydrogen-bond donors (Lipinski definition) is 3. The zero-order chi connectivity index (χ0) is 21.4. The summed E-state index contributed by atoms with van der Waals surface area (Å²) in [7, 11) is 0. The highest BCUT2D eigenvalue weighted by Gasteiger charge is 2.20. The summed E-state index contributed by atoms with van der Waals surface area (Å²) in [5, 5.41) is 4.49. The van der Waals surface area contributed by atoms with Crippen molar-refractivity contribution in [2.24, 2.45) is 0 Å². The minimum absolute atomic E-state index is 0.244. The van der Waals surface area contributed by atoms with Crippen LogP contribution in [-0.4, -0.2) is 33.2 Å². The Morgan fingerprint density at radius 1 is 1.13 bits per heavy atom. The number of amides is 1. The Hall–Kier alpha value is -3.20. The van der Waals surface area contributed by atoms with Crippen molar-refractivity contribution in [1.82, 2.24) is 14.7 Å². The number of nitrogens with zero attached hydrogens (tertiary/aromatic N) is 2. The number of carbonyl (C=O) groups is 1. The lowest BCUT2D eigenvalue weighted by molar-refractivity contribution is 0.102. The molecule has 2 aromatic carbocycles. The monoisotopic (exact) mass is 451 g/mol. The second-order valence-corrected chi connectivity index (χ2v) is 8.68. The number of nitrogens with one attached hydrogen (secondary N) is 3. The van der Waals surface area contributed by atoms with Gasteiger partial charge in [-0.1, -0.05) is 11.6 Å². The van der Waals surface area contributed by atoms with Gasteiger partial charge in [0.1, 0.15) is 0 Å². The van der Waals surface area contributed by atoms with Crippen molar-refractivity contribution < 1.29 is 9.00 Å². The van der Waals surface area contributed by atoms with Crippen molar-refractivity contribution in [3.63, 3.8) is 0 Å². The van der Waals surface area contributed by atoms with Crippen LogP contribution in [0.1, 0.15) is 10.4 Å². The van der Waals surface area contributed by atoms with Gasteiger partial charge in [-0.15, -0.1) is 0 Å². The van der Waals surface area contributed by atoms with Crippen molar-refractivity contribution in [3.8, 4) is 11.3 Å². The van der Waals surface area contributed by atoms with Crippen LogP contribution < -0.4 is 14.3 Å². The summed E-state index contributed by atoms with van der Waals surface area (Å²) in [5.41, 5.74) is 4.26. The average Bonchev–Trinajstić information content (AvgIpc) is 3.44. The Morgan fingerprint density at radius 3 is 2.74 bits per heavy atom. The number of pyridine rings is 1. The third-order valence-electron chi connectivity index (χ3n) is 5.11. The fraction of sp³-hybridized carbons (Fsp3) is 0.0909. The van der Waals surface area contributed by atoms with Gasteiger partial charge >= 0.3 is 0 Å². The van der Waals surface area contributed by atoms with Crippen molar-refractivity contribution >= 4 is 51.0 Å². The first-order chi connectivity index (χ1) is 15.1. The van der Waals surface area contributed by atoms with Crippen molar-refractivity contribution in [3.05, 3.63) is 77.6 Å². The van der Waals surface area contributed by atoms with Crippen LogP contribution >= 0.6 is 11.6 Å². The van der Waals surface area contributed by atoms with E-state index in [1.807, 2.05) is 24.4 Å². The van der Waals surface area contributed by atoms with E-state index in [2.05, 4.69) is 20.0 Å². The first-order valence-corrected chi connectivity index (χ1v) is 11.1. The topological polar surface area (TPSA) is 90.1 Å². The molecule has 1 aliphatic heterocycles. The Kier molecular flexibility index (Phi) is 5.19. The number of benzene rings is 2. The molecule has 3 heterocycles. The molecular formula is C22H18ClN5O2S. The Bertz CT molecular complexity index is 1310. The molecular weight excluding hydrogens is 434 g/mol. The number of H-pyrrole nitrogens is 1. The van der Waals surface area contributed by atoms with Gasteiger partial charge in [0, 0.05) is 47.7 Å². The van der Waals surface area contributed by atoms with Crippen LogP contribution in [0.25, 0.3) is 22.2 Å². The molecule has 0 spiro atoms. The minimum Gasteiger partial charge on any atom is -0.359 e. The van der Waals surface area contributed by atoms with Crippen molar-refractivity contribution in [2.45, 2.75) is 0 Å². The molecule has 1 fully saturated rings. The number of carbonyl (C=O) groups excluding carboxylic acids is 1. The first kappa shape index (κ1) is 19.7. The molecule has 1 atom stereocenters. The number of halogens is 1. The molecule has 4 aromatic rings. The fourth-order valence-corrected chi connectivity index (χ4v) is 4.77. The van der Waals surface area contributed by atoms with Gasteiger partial charge in [-0.3, -0.25) is 14.1 Å². The average molecular weight is 452 g/mol. The summed E-state index contributed by atoms with van der Waals surface area (Å²) in [6.07, 6.45) is 3.59. The van der Waals surface area contributed by atoms with Gasteiger partial charge in [0.15, 0.2) is 11.2 Å². The number of anilines is 2. The minimum atomic E-state index is -1.23. The zero-order valence-corrected chi connectivity index (χ0v) is 17.8. The predicted molar refractivity (Wildman–Crippen MR) is 124 cm³/mol. The quantitative estimate of drug-likeness (QED) is 0.436. The van der Waals surface area contributed by atoms with E-state index < -0.39 is 11.2 Å². The maximum atomic E-state index is 12.8. The van der Waals surface area contributed by atoms with Crippen molar-refractivity contribution in [2.75, 3.05) is 22.7 Å². The molecule has 31 heavy (non-hydrogen) atoms. The molecule has 156 valence electrons. The number of fused-ring (bicyclic) bond motifs is 1. The molecule has 1 unspecified atom stereocenters. The standard InChI is InChI=1S/C22H18ClN5O2S/c23-19-6-3-16(13-18(19)21-20-14(7-9-24-20)8-10-25-21)27-22(29)15-1-4-17(5-2-15)28-12-11-26-31(28)30/h1-10,13,24,26H,11-12H2,(H,27,29). The molecule has 0 saturated carbocycles. The van der Waals surface area contributed by atoms with Gasteiger partial charge in [-0.2, -0.15) is 0 Å². The molecule has 1 amide bonds. The van der Waals surface area contributed by atoms with E-state index in [9.17, 15) is 9.00 Å². The van der Waals surface area contributed by atoms with Crippen LogP contribution in [-0.2, 0) is 11.2 Å². The third kappa shape index (κ3) is 3.81. The molecule has 3 N–H and O–H groups in total. The van der Waals surface area contributed by atoms with E-state index in [4.69, 9.17) is 11.6 Å². The van der Waals surface area contributed by atoms with Gasteiger partial charge in [0.2, 0.25) is 0 Å². The second kappa shape index (κ2) is 8.14. The van der Waals surface area contributed by atoms with Crippen LogP contribution in [0.5, 0.6) is 0 Å². The lowest BCUT2D eigenvalue weighted by Gasteiger charge is -2.15. The second-order valence-electron chi connectivity index (χ2n) is 7.04. The molecule has 0 bridgehead atoms. The van der Waals surface area contributed by atoms with Gasteiger partial charge in [-0.25, -0.2) is 8.93 Å². The molecule has 9 heteroatoms. The van der Waals surface area contributed by atoms with Gasteiger partial charge in [-0.05, 0) is 54.6 Å². The zero-order valence-electron chi connectivity index (χ0n) is 16.3. The van der Waals surface area contributed by atoms with E-state index >= 15 is 0 Å². The summed E-state index contributed by atoms with van der Waals surface area (Å²) >= 11 is 5.21. The predicted octanol–water partition coefficient (Wildman–Crippen LogP) is 4.12. The third-order valence-corrected chi connectivity index (χ3v) is 6.69. The number of aromatic amines is 1. The largest absolute Gasteiger partial charge is 0.359 e. The molecule has 0 aliphatic carbocycles. The summed E-state index contributed by atoms with van der Waals surface area (Å²) in [6, 6.07) is 16.2. The summed E-state index contributed by atoms with van der Waals surface area (Å²) in [5.74, 6) is -0.244. The Morgan fingerprint density at radius 2 is 1.97 bits per heavy atom. The number of aromatic nitrogens is 2. The molecule has 1 aliphatic rings. The molecule has 5 rings (SSSR count).